The largest absolute Gasteiger partial charge is 2.00 e. The van der Waals surface area contributed by atoms with E-state index in [-0.39, 0.29) is 26.5 Å². The van der Waals surface area contributed by atoms with Crippen molar-refractivity contribution in [1.82, 2.24) is 35.3 Å². The fraction of sp³-hybridized carbons (Fsp3) is 0.483. The van der Waals surface area contributed by atoms with E-state index in [1.54, 1.807) is 6.20 Å². The first kappa shape index (κ1) is 30.6. The van der Waals surface area contributed by atoms with Crippen LogP contribution in [0.3, 0.4) is 0 Å². The molecule has 0 N–H and O–H groups in total. The van der Waals surface area contributed by atoms with Gasteiger partial charge in [0.2, 0.25) is 0 Å². The van der Waals surface area contributed by atoms with Crippen LogP contribution in [0.5, 0.6) is 0 Å². The molecule has 0 aliphatic carbocycles. The Morgan fingerprint density at radius 2 is 1.49 bits per heavy atom. The van der Waals surface area contributed by atoms with Gasteiger partial charge in [0.25, 0.3) is 0 Å². The van der Waals surface area contributed by atoms with Gasteiger partial charge in [-0.25, -0.2) is 9.97 Å². The van der Waals surface area contributed by atoms with Crippen molar-refractivity contribution < 1.29 is 21.1 Å². The zero-order valence-electron chi connectivity index (χ0n) is 23.5. The third-order valence-electron chi connectivity index (χ3n) is 6.07. The Hall–Kier alpha value is -2.66. The van der Waals surface area contributed by atoms with E-state index in [1.165, 1.54) is 11.1 Å². The van der Waals surface area contributed by atoms with Crippen LogP contribution in [0.2, 0.25) is 0 Å². The van der Waals surface area contributed by atoms with Gasteiger partial charge in [0.05, 0.1) is 5.69 Å². The Morgan fingerprint density at radius 1 is 0.865 bits per heavy atom. The van der Waals surface area contributed by atoms with Crippen LogP contribution in [0, 0.1) is 12.8 Å². The summed E-state index contributed by atoms with van der Waals surface area (Å²) in [4.78, 5) is 13.1. The predicted molar refractivity (Wildman–Crippen MR) is 145 cm³/mol. The summed E-state index contributed by atoms with van der Waals surface area (Å²) in [7, 11) is 0. The molecule has 4 aromatic heterocycles. The maximum atomic E-state index is 4.74. The summed E-state index contributed by atoms with van der Waals surface area (Å²) in [6.45, 7) is 19.4. The van der Waals surface area contributed by atoms with E-state index in [0.717, 1.165) is 46.9 Å². The normalized spacial score (nSPS) is 11.3. The second-order valence-corrected chi connectivity index (χ2v) is 10.9. The third kappa shape index (κ3) is 7.67. The van der Waals surface area contributed by atoms with Gasteiger partial charge in [0.15, 0.2) is 0 Å². The molecule has 0 saturated heterocycles. The van der Waals surface area contributed by atoms with Crippen molar-refractivity contribution in [2.75, 3.05) is 0 Å². The molecule has 37 heavy (non-hydrogen) atoms. The SMILES string of the molecule is CC(C)(C)c1ccncc1.CCc1n[n-]c(-c2nccc(-c3[n-]nc(CC(C)C)c3C(C)C)n2)c1C.[Pt+2]. The van der Waals surface area contributed by atoms with Crippen molar-refractivity contribution in [1.29, 1.82) is 0 Å². The summed E-state index contributed by atoms with van der Waals surface area (Å²) < 4.78 is 0. The maximum Gasteiger partial charge on any atom is 2.00 e. The van der Waals surface area contributed by atoms with E-state index in [0.29, 0.717) is 17.7 Å². The summed E-state index contributed by atoms with van der Waals surface area (Å²) in [6, 6.07) is 6.00. The molecule has 0 aromatic carbocycles. The number of pyridine rings is 1. The van der Waals surface area contributed by atoms with Gasteiger partial charge in [-0.3, -0.25) is 4.98 Å². The van der Waals surface area contributed by atoms with Crippen molar-refractivity contribution in [2.24, 2.45) is 5.92 Å². The molecule has 0 radical (unpaired) electrons. The Labute approximate surface area is 236 Å². The molecule has 0 amide bonds. The van der Waals surface area contributed by atoms with Crippen LogP contribution in [-0.2, 0) is 39.3 Å². The Morgan fingerprint density at radius 3 is 2.00 bits per heavy atom. The number of rotatable bonds is 6. The van der Waals surface area contributed by atoms with Crippen LogP contribution < -0.4 is 10.2 Å². The van der Waals surface area contributed by atoms with Gasteiger partial charge in [-0.1, -0.05) is 66.8 Å². The zero-order valence-corrected chi connectivity index (χ0v) is 25.8. The summed E-state index contributed by atoms with van der Waals surface area (Å²) in [6.07, 6.45) is 7.20. The summed E-state index contributed by atoms with van der Waals surface area (Å²) in [5.41, 5.74) is 8.27. The van der Waals surface area contributed by atoms with Crippen molar-refractivity contribution in [2.45, 2.75) is 86.5 Å². The minimum absolute atomic E-state index is 0. The summed E-state index contributed by atoms with van der Waals surface area (Å²) in [5.74, 6) is 1.46. The first-order chi connectivity index (χ1) is 17.0. The molecule has 7 nitrogen and oxygen atoms in total. The van der Waals surface area contributed by atoms with E-state index in [4.69, 9.17) is 4.98 Å². The van der Waals surface area contributed by atoms with Crippen LogP contribution in [-0.4, -0.2) is 25.1 Å². The first-order valence-electron chi connectivity index (χ1n) is 12.8. The second kappa shape index (κ2) is 13.2. The molecular formula is C29H39N7Pt. The molecule has 0 bridgehead atoms. The summed E-state index contributed by atoms with van der Waals surface area (Å²) >= 11 is 0. The number of aryl methyl sites for hydroxylation is 1. The fourth-order valence-corrected chi connectivity index (χ4v) is 4.09. The Bertz CT molecular complexity index is 1250. The second-order valence-electron chi connectivity index (χ2n) is 10.9. The summed E-state index contributed by atoms with van der Waals surface area (Å²) in [5, 5.41) is 17.4. The molecule has 8 heteroatoms. The molecule has 4 rings (SSSR count). The topological polar surface area (TPSA) is 92.7 Å². The van der Waals surface area contributed by atoms with Crippen LogP contribution >= 0.6 is 0 Å². The van der Waals surface area contributed by atoms with E-state index < -0.39 is 0 Å². The van der Waals surface area contributed by atoms with Gasteiger partial charge in [-0.15, -0.1) is 0 Å². The standard InChI is InChI=1S/C20H26N6.C9H13N.Pt/c1-7-14-13(6)18(25-23-14)20-21-9-8-15(22-20)19-17(12(4)5)16(24-26-19)10-11(2)3;1-9(2,3)8-4-6-10-7-5-8;/h8-9,11-12H,7,10H2,1-6H3;4-7H,1-3H3;/q-2;;+2. The van der Waals surface area contributed by atoms with Crippen LogP contribution in [0.4, 0.5) is 0 Å². The van der Waals surface area contributed by atoms with Gasteiger partial charge in [-0.2, -0.15) is 0 Å². The minimum atomic E-state index is 0. The average Bonchev–Trinajstić information content (AvgIpc) is 3.42. The number of hydrogen-bond donors (Lipinski definition) is 0. The van der Waals surface area contributed by atoms with Crippen molar-refractivity contribution in [3.05, 3.63) is 64.9 Å². The van der Waals surface area contributed by atoms with Crippen molar-refractivity contribution in [3.63, 3.8) is 0 Å². The minimum Gasteiger partial charge on any atom is -0.573 e. The fourth-order valence-electron chi connectivity index (χ4n) is 4.09. The smallest absolute Gasteiger partial charge is 0.573 e. The van der Waals surface area contributed by atoms with Crippen LogP contribution in [0.25, 0.3) is 22.9 Å². The molecule has 0 aliphatic rings. The molecular weight excluding hydrogens is 641 g/mol. The molecule has 0 aliphatic heterocycles. The van der Waals surface area contributed by atoms with Gasteiger partial charge in [0, 0.05) is 30.0 Å². The van der Waals surface area contributed by atoms with Gasteiger partial charge in [-0.05, 0) is 71.9 Å². The molecule has 0 atom stereocenters. The Kier molecular flexibility index (Phi) is 10.9. The Balaban J connectivity index is 0.000000369. The monoisotopic (exact) mass is 680 g/mol. The number of hydrogen-bond acceptors (Lipinski definition) is 5. The predicted octanol–water partition coefficient (Wildman–Crippen LogP) is 6.08. The maximum absolute atomic E-state index is 4.74. The first-order valence-corrected chi connectivity index (χ1v) is 12.8. The van der Waals surface area contributed by atoms with Crippen LogP contribution in [0.1, 0.15) is 89.4 Å². The number of aromatic nitrogens is 7. The third-order valence-corrected chi connectivity index (χ3v) is 6.07. The quantitative estimate of drug-likeness (QED) is 0.244. The average molecular weight is 681 g/mol. The van der Waals surface area contributed by atoms with Gasteiger partial charge < -0.3 is 20.4 Å². The molecule has 0 saturated carbocycles. The van der Waals surface area contributed by atoms with E-state index in [9.17, 15) is 0 Å². The molecule has 0 spiro atoms. The van der Waals surface area contributed by atoms with E-state index in [2.05, 4.69) is 97.9 Å². The molecule has 0 unspecified atom stereocenters. The van der Waals surface area contributed by atoms with Crippen molar-refractivity contribution >= 4 is 0 Å². The molecule has 200 valence electrons. The van der Waals surface area contributed by atoms with Gasteiger partial charge in [0.1, 0.15) is 5.82 Å². The number of nitrogens with zero attached hydrogens (tertiary/aromatic N) is 7. The van der Waals surface area contributed by atoms with Gasteiger partial charge >= 0.3 is 21.1 Å². The zero-order chi connectivity index (χ0) is 26.5. The molecule has 0 fully saturated rings. The van der Waals surface area contributed by atoms with Crippen molar-refractivity contribution in [3.8, 4) is 22.9 Å². The van der Waals surface area contributed by atoms with E-state index in [1.807, 2.05) is 25.4 Å². The van der Waals surface area contributed by atoms with Crippen LogP contribution in [0.15, 0.2) is 36.8 Å². The molecule has 4 aromatic rings. The van der Waals surface area contributed by atoms with E-state index >= 15 is 0 Å². The molecule has 4 heterocycles.